The summed E-state index contributed by atoms with van der Waals surface area (Å²) < 4.78 is 5.15. The number of methoxy groups -OCH3 is 1. The molecule has 0 spiro atoms. The van der Waals surface area contributed by atoms with Gasteiger partial charge in [-0.25, -0.2) is 5.43 Å². The Morgan fingerprint density at radius 2 is 1.68 bits per heavy atom. The molecular weight excluding hydrogens is 354 g/mol. The zero-order valence-corrected chi connectivity index (χ0v) is 17.0. The van der Waals surface area contributed by atoms with Crippen LogP contribution in [0, 0.1) is 0 Å². The Hall–Kier alpha value is -3.15. The van der Waals surface area contributed by atoms with Crippen molar-refractivity contribution in [2.75, 3.05) is 13.7 Å². The maximum atomic E-state index is 12.2. The molecule has 0 heterocycles. The molecule has 148 valence electrons. The SMILES string of the molecule is COc1ccccc1C(=O)NCC(=O)NN=C(C)c1ccc(C(C)(C)C)cc1. The summed E-state index contributed by atoms with van der Waals surface area (Å²) in [5, 5.41) is 6.67. The van der Waals surface area contributed by atoms with Crippen LogP contribution in [0.5, 0.6) is 5.75 Å². The van der Waals surface area contributed by atoms with E-state index in [1.807, 2.05) is 19.1 Å². The normalized spacial score (nSPS) is 11.7. The number of ether oxygens (including phenoxy) is 1. The Bertz CT molecular complexity index is 865. The van der Waals surface area contributed by atoms with E-state index >= 15 is 0 Å². The molecule has 0 aliphatic carbocycles. The van der Waals surface area contributed by atoms with Crippen LogP contribution in [0.1, 0.15) is 49.2 Å². The highest BCUT2D eigenvalue weighted by Gasteiger charge is 2.14. The summed E-state index contributed by atoms with van der Waals surface area (Å²) in [5.74, 6) is -0.340. The van der Waals surface area contributed by atoms with Crippen LogP contribution >= 0.6 is 0 Å². The van der Waals surface area contributed by atoms with Crippen LogP contribution in [0.3, 0.4) is 0 Å². The molecule has 0 bridgehead atoms. The first-order valence-electron chi connectivity index (χ1n) is 9.07. The highest BCUT2D eigenvalue weighted by atomic mass is 16.5. The number of benzene rings is 2. The predicted octanol–water partition coefficient (Wildman–Crippen LogP) is 3.26. The second-order valence-corrected chi connectivity index (χ2v) is 7.44. The fourth-order valence-electron chi connectivity index (χ4n) is 2.55. The third-order valence-corrected chi connectivity index (χ3v) is 4.28. The molecule has 2 amide bonds. The molecule has 0 radical (unpaired) electrons. The lowest BCUT2D eigenvalue weighted by Crippen LogP contribution is -2.35. The van der Waals surface area contributed by atoms with Gasteiger partial charge in [-0.3, -0.25) is 9.59 Å². The Morgan fingerprint density at radius 3 is 2.29 bits per heavy atom. The van der Waals surface area contributed by atoms with Gasteiger partial charge in [0, 0.05) is 0 Å². The molecule has 28 heavy (non-hydrogen) atoms. The Balaban J connectivity index is 1.91. The number of para-hydroxylation sites is 1. The first-order chi connectivity index (χ1) is 13.2. The summed E-state index contributed by atoms with van der Waals surface area (Å²) in [6, 6.07) is 14.9. The molecule has 0 aromatic heterocycles. The van der Waals surface area contributed by atoms with Gasteiger partial charge in [0.1, 0.15) is 5.75 Å². The van der Waals surface area contributed by atoms with Crippen molar-refractivity contribution < 1.29 is 14.3 Å². The van der Waals surface area contributed by atoms with Crippen molar-refractivity contribution in [2.24, 2.45) is 5.10 Å². The number of rotatable bonds is 6. The van der Waals surface area contributed by atoms with Gasteiger partial charge in [0.2, 0.25) is 0 Å². The molecule has 2 N–H and O–H groups in total. The maximum absolute atomic E-state index is 12.2. The summed E-state index contributed by atoms with van der Waals surface area (Å²) in [6.07, 6.45) is 0. The van der Waals surface area contributed by atoms with Crippen molar-refractivity contribution in [2.45, 2.75) is 33.1 Å². The average molecular weight is 381 g/mol. The van der Waals surface area contributed by atoms with Crippen LogP contribution < -0.4 is 15.5 Å². The summed E-state index contributed by atoms with van der Waals surface area (Å²) >= 11 is 0. The van der Waals surface area contributed by atoms with Crippen LogP contribution in [0.25, 0.3) is 0 Å². The van der Waals surface area contributed by atoms with Crippen LogP contribution in [0.15, 0.2) is 53.6 Å². The van der Waals surface area contributed by atoms with E-state index in [0.717, 1.165) is 5.56 Å². The number of nitrogens with one attached hydrogen (secondary N) is 2. The van der Waals surface area contributed by atoms with Crippen LogP contribution in [0.2, 0.25) is 0 Å². The summed E-state index contributed by atoms with van der Waals surface area (Å²) in [6.45, 7) is 8.10. The highest BCUT2D eigenvalue weighted by molar-refractivity contribution is 6.00. The molecule has 0 saturated heterocycles. The number of hydrazone groups is 1. The van der Waals surface area contributed by atoms with Gasteiger partial charge in [-0.1, -0.05) is 57.2 Å². The van der Waals surface area contributed by atoms with Crippen molar-refractivity contribution in [3.05, 3.63) is 65.2 Å². The molecular formula is C22H27N3O3. The molecule has 6 nitrogen and oxygen atoms in total. The topological polar surface area (TPSA) is 79.8 Å². The fraction of sp³-hybridized carbons (Fsp3) is 0.318. The molecule has 6 heteroatoms. The van der Waals surface area contributed by atoms with Crippen LogP contribution in [-0.2, 0) is 10.2 Å². The maximum Gasteiger partial charge on any atom is 0.259 e. The first kappa shape index (κ1) is 21.2. The van der Waals surface area contributed by atoms with E-state index < -0.39 is 5.91 Å². The van der Waals surface area contributed by atoms with E-state index in [9.17, 15) is 9.59 Å². The van der Waals surface area contributed by atoms with Crippen molar-refractivity contribution in [1.82, 2.24) is 10.7 Å². The highest BCUT2D eigenvalue weighted by Crippen LogP contribution is 2.22. The fourth-order valence-corrected chi connectivity index (χ4v) is 2.55. The number of carbonyl (C=O) groups excluding carboxylic acids is 2. The van der Waals surface area contributed by atoms with Crippen molar-refractivity contribution in [1.29, 1.82) is 0 Å². The molecule has 2 aromatic rings. The number of nitrogens with zero attached hydrogens (tertiary/aromatic N) is 1. The quantitative estimate of drug-likeness (QED) is 0.595. The summed E-state index contributed by atoms with van der Waals surface area (Å²) in [5.41, 5.74) is 5.75. The second-order valence-electron chi connectivity index (χ2n) is 7.44. The molecule has 0 unspecified atom stereocenters. The average Bonchev–Trinajstić information content (AvgIpc) is 2.69. The van der Waals surface area contributed by atoms with E-state index in [1.165, 1.54) is 12.7 Å². The monoisotopic (exact) mass is 381 g/mol. The molecule has 0 saturated carbocycles. The van der Waals surface area contributed by atoms with Crippen molar-refractivity contribution in [3.63, 3.8) is 0 Å². The molecule has 2 aromatic carbocycles. The largest absolute Gasteiger partial charge is 0.496 e. The lowest BCUT2D eigenvalue weighted by molar-refractivity contribution is -0.120. The van der Waals surface area contributed by atoms with E-state index in [4.69, 9.17) is 4.74 Å². The number of hydrogen-bond donors (Lipinski definition) is 2. The molecule has 0 aliphatic heterocycles. The zero-order valence-electron chi connectivity index (χ0n) is 17.0. The Morgan fingerprint density at radius 1 is 1.04 bits per heavy atom. The van der Waals surface area contributed by atoms with Gasteiger partial charge in [-0.05, 0) is 35.6 Å². The van der Waals surface area contributed by atoms with Gasteiger partial charge in [0.15, 0.2) is 0 Å². The standard InChI is InChI=1S/C22H27N3O3/c1-15(16-10-12-17(13-11-16)22(2,3)4)24-25-20(26)14-23-21(27)18-8-6-7-9-19(18)28-5/h6-13H,14H2,1-5H3,(H,23,27)(H,25,26). The first-order valence-corrected chi connectivity index (χ1v) is 9.07. The lowest BCUT2D eigenvalue weighted by Gasteiger charge is -2.19. The summed E-state index contributed by atoms with van der Waals surface area (Å²) in [4.78, 5) is 24.2. The van der Waals surface area contributed by atoms with E-state index in [0.29, 0.717) is 17.0 Å². The summed E-state index contributed by atoms with van der Waals surface area (Å²) in [7, 11) is 1.49. The minimum Gasteiger partial charge on any atom is -0.496 e. The lowest BCUT2D eigenvalue weighted by atomic mass is 9.86. The van der Waals surface area contributed by atoms with E-state index in [1.54, 1.807) is 24.3 Å². The third-order valence-electron chi connectivity index (χ3n) is 4.28. The van der Waals surface area contributed by atoms with Gasteiger partial charge in [0.05, 0.1) is 24.9 Å². The number of amides is 2. The minimum absolute atomic E-state index is 0.0808. The van der Waals surface area contributed by atoms with Gasteiger partial charge in [-0.15, -0.1) is 0 Å². The van der Waals surface area contributed by atoms with E-state index in [-0.39, 0.29) is 17.9 Å². The molecule has 0 atom stereocenters. The third kappa shape index (κ3) is 5.67. The van der Waals surface area contributed by atoms with E-state index in [2.05, 4.69) is 48.7 Å². The van der Waals surface area contributed by atoms with Gasteiger partial charge in [-0.2, -0.15) is 5.10 Å². The molecule has 2 rings (SSSR count). The minimum atomic E-state index is -0.408. The van der Waals surface area contributed by atoms with Crippen molar-refractivity contribution >= 4 is 17.5 Å². The smallest absolute Gasteiger partial charge is 0.259 e. The second kappa shape index (κ2) is 9.17. The van der Waals surface area contributed by atoms with Gasteiger partial charge in [0.25, 0.3) is 11.8 Å². The zero-order chi connectivity index (χ0) is 20.7. The predicted molar refractivity (Wildman–Crippen MR) is 111 cm³/mol. The molecule has 0 fully saturated rings. The number of hydrogen-bond acceptors (Lipinski definition) is 4. The van der Waals surface area contributed by atoms with Crippen molar-refractivity contribution in [3.8, 4) is 5.75 Å². The Kier molecular flexibility index (Phi) is 6.93. The van der Waals surface area contributed by atoms with Gasteiger partial charge >= 0.3 is 0 Å². The van der Waals surface area contributed by atoms with Gasteiger partial charge < -0.3 is 10.1 Å². The van der Waals surface area contributed by atoms with Crippen LogP contribution in [-0.4, -0.2) is 31.2 Å². The van der Waals surface area contributed by atoms with Crippen LogP contribution in [0.4, 0.5) is 0 Å². The molecule has 0 aliphatic rings. The number of carbonyl (C=O) groups is 2. The Labute approximate surface area is 166 Å².